The van der Waals surface area contributed by atoms with Crippen LogP contribution in [0.1, 0.15) is 53.9 Å². The van der Waals surface area contributed by atoms with Crippen molar-refractivity contribution in [3.63, 3.8) is 0 Å². The van der Waals surface area contributed by atoms with Crippen molar-refractivity contribution in [3.8, 4) is 6.07 Å². The molecule has 2 amide bonds. The Bertz CT molecular complexity index is 442. The number of nitriles is 1. The quantitative estimate of drug-likeness (QED) is 0.812. The number of amides is 2. The lowest BCUT2D eigenvalue weighted by Crippen LogP contribution is -2.48. The maximum atomic E-state index is 12.2. The highest BCUT2D eigenvalue weighted by Gasteiger charge is 2.46. The Hall–Kier alpha value is -1.77. The van der Waals surface area contributed by atoms with Crippen LogP contribution >= 0.6 is 0 Å². The van der Waals surface area contributed by atoms with Gasteiger partial charge >= 0.3 is 6.09 Å². The maximum absolute atomic E-state index is 12.2. The molecule has 6 nitrogen and oxygen atoms in total. The summed E-state index contributed by atoms with van der Waals surface area (Å²) in [6, 6.07) is 2.10. The Kier molecular flexibility index (Phi) is 5.21. The molecule has 0 aromatic heterocycles. The minimum atomic E-state index is -0.877. The standard InChI is InChI=1S/C15H25N3O3/c1-10(2)8-11(21-13(20)18-14(3,4)5)12(19)17-15(9-16)6-7-15/h10-11H,6-8H2,1-5H3,(H,17,19)(H,18,20)/t11-/m0/s1. The molecule has 2 N–H and O–H groups in total. The Balaban J connectivity index is 2.65. The van der Waals surface area contributed by atoms with Crippen LogP contribution in [0.5, 0.6) is 0 Å². The van der Waals surface area contributed by atoms with Crippen molar-refractivity contribution in [1.29, 1.82) is 5.26 Å². The minimum absolute atomic E-state index is 0.195. The summed E-state index contributed by atoms with van der Waals surface area (Å²) in [7, 11) is 0. The van der Waals surface area contributed by atoms with Crippen LogP contribution in [0.3, 0.4) is 0 Å². The molecule has 0 aromatic carbocycles. The lowest BCUT2D eigenvalue weighted by atomic mass is 10.0. The van der Waals surface area contributed by atoms with Crippen LogP contribution in [0.2, 0.25) is 0 Å². The van der Waals surface area contributed by atoms with Gasteiger partial charge in [0, 0.05) is 5.54 Å². The summed E-state index contributed by atoms with van der Waals surface area (Å²) in [6.45, 7) is 9.40. The van der Waals surface area contributed by atoms with E-state index in [1.54, 1.807) is 0 Å². The molecule has 0 spiro atoms. The zero-order valence-electron chi connectivity index (χ0n) is 13.4. The first-order chi connectivity index (χ1) is 9.57. The fourth-order valence-electron chi connectivity index (χ4n) is 1.81. The normalized spacial score (nSPS) is 17.6. The van der Waals surface area contributed by atoms with Crippen LogP contribution in [0, 0.1) is 17.2 Å². The number of nitrogens with one attached hydrogen (secondary N) is 2. The molecule has 0 aromatic rings. The Labute approximate surface area is 126 Å². The second-order valence-electron chi connectivity index (χ2n) is 7.08. The third-order valence-corrected chi connectivity index (χ3v) is 3.03. The van der Waals surface area contributed by atoms with Crippen LogP contribution in [0.25, 0.3) is 0 Å². The number of rotatable bonds is 5. The monoisotopic (exact) mass is 295 g/mol. The van der Waals surface area contributed by atoms with Crippen molar-refractivity contribution in [3.05, 3.63) is 0 Å². The summed E-state index contributed by atoms with van der Waals surface area (Å²) in [6.07, 6.45) is 0.226. The topological polar surface area (TPSA) is 91.2 Å². The van der Waals surface area contributed by atoms with Gasteiger partial charge in [0.15, 0.2) is 6.10 Å². The summed E-state index contributed by atoms with van der Waals surface area (Å²) < 4.78 is 5.25. The summed E-state index contributed by atoms with van der Waals surface area (Å²) in [5, 5.41) is 14.4. The van der Waals surface area contributed by atoms with Gasteiger partial charge in [-0.25, -0.2) is 4.79 Å². The first-order valence-electron chi connectivity index (χ1n) is 7.29. The fourth-order valence-corrected chi connectivity index (χ4v) is 1.81. The molecule has 118 valence electrons. The van der Waals surface area contributed by atoms with Crippen molar-refractivity contribution in [2.75, 3.05) is 0 Å². The van der Waals surface area contributed by atoms with Gasteiger partial charge in [0.2, 0.25) is 0 Å². The SMILES string of the molecule is CC(C)C[C@H](OC(=O)NC(C)(C)C)C(=O)NC1(C#N)CC1. The van der Waals surface area contributed by atoms with E-state index in [1.807, 2.05) is 34.6 Å². The van der Waals surface area contributed by atoms with E-state index in [0.29, 0.717) is 19.3 Å². The third kappa shape index (κ3) is 6.03. The zero-order valence-corrected chi connectivity index (χ0v) is 13.4. The van der Waals surface area contributed by atoms with Crippen molar-refractivity contribution >= 4 is 12.0 Å². The highest BCUT2D eigenvalue weighted by Crippen LogP contribution is 2.34. The minimum Gasteiger partial charge on any atom is -0.436 e. The molecule has 1 saturated carbocycles. The summed E-state index contributed by atoms with van der Waals surface area (Å²) in [5.41, 5.74) is -1.18. The highest BCUT2D eigenvalue weighted by atomic mass is 16.6. The number of alkyl carbamates (subject to hydrolysis) is 1. The van der Waals surface area contributed by atoms with Gasteiger partial charge < -0.3 is 15.4 Å². The second-order valence-corrected chi connectivity index (χ2v) is 7.08. The van der Waals surface area contributed by atoms with Gasteiger partial charge in [0.25, 0.3) is 5.91 Å². The van der Waals surface area contributed by atoms with Gasteiger partial charge in [-0.2, -0.15) is 5.26 Å². The Morgan fingerprint density at radius 3 is 2.29 bits per heavy atom. The molecule has 0 radical (unpaired) electrons. The molecule has 1 rings (SSSR count). The lowest BCUT2D eigenvalue weighted by molar-refractivity contribution is -0.131. The molecule has 0 saturated heterocycles. The molecule has 1 atom stereocenters. The van der Waals surface area contributed by atoms with E-state index in [1.165, 1.54) is 0 Å². The van der Waals surface area contributed by atoms with Gasteiger partial charge in [-0.05, 0) is 46.0 Å². The molecule has 1 aliphatic carbocycles. The molecule has 0 bridgehead atoms. The smallest absolute Gasteiger partial charge is 0.408 e. The molecule has 0 heterocycles. The summed E-state index contributed by atoms with van der Waals surface area (Å²) in [4.78, 5) is 24.1. The average molecular weight is 295 g/mol. The molecule has 1 fully saturated rings. The average Bonchev–Trinajstić information content (AvgIpc) is 3.05. The fraction of sp³-hybridized carbons (Fsp3) is 0.800. The molecule has 21 heavy (non-hydrogen) atoms. The number of hydrogen-bond acceptors (Lipinski definition) is 4. The first kappa shape index (κ1) is 17.3. The molecule has 6 heteroatoms. The van der Waals surface area contributed by atoms with Gasteiger partial charge in [-0.1, -0.05) is 13.8 Å². The van der Waals surface area contributed by atoms with Crippen LogP contribution < -0.4 is 10.6 Å². The van der Waals surface area contributed by atoms with E-state index >= 15 is 0 Å². The van der Waals surface area contributed by atoms with Crippen LogP contribution in [0.4, 0.5) is 4.79 Å². The Morgan fingerprint density at radius 2 is 1.90 bits per heavy atom. The van der Waals surface area contributed by atoms with Crippen molar-refractivity contribution in [2.24, 2.45) is 5.92 Å². The predicted molar refractivity (Wildman–Crippen MR) is 78.3 cm³/mol. The summed E-state index contributed by atoms with van der Waals surface area (Å²) >= 11 is 0. The predicted octanol–water partition coefficient (Wildman–Crippen LogP) is 2.10. The van der Waals surface area contributed by atoms with Crippen LogP contribution in [0.15, 0.2) is 0 Å². The number of hydrogen-bond donors (Lipinski definition) is 2. The van der Waals surface area contributed by atoms with E-state index in [-0.39, 0.29) is 5.92 Å². The van der Waals surface area contributed by atoms with E-state index in [9.17, 15) is 9.59 Å². The number of carbonyl (C=O) groups is 2. The highest BCUT2D eigenvalue weighted by molar-refractivity contribution is 5.84. The van der Waals surface area contributed by atoms with E-state index in [4.69, 9.17) is 10.00 Å². The maximum Gasteiger partial charge on any atom is 0.408 e. The molecule has 1 aliphatic rings. The first-order valence-corrected chi connectivity index (χ1v) is 7.29. The molecular formula is C15H25N3O3. The van der Waals surface area contributed by atoms with Crippen molar-refractivity contribution in [1.82, 2.24) is 10.6 Å². The Morgan fingerprint density at radius 1 is 1.33 bits per heavy atom. The van der Waals surface area contributed by atoms with Gasteiger partial charge in [0.1, 0.15) is 5.54 Å². The van der Waals surface area contributed by atoms with E-state index in [0.717, 1.165) is 0 Å². The largest absolute Gasteiger partial charge is 0.436 e. The second kappa shape index (κ2) is 6.33. The van der Waals surface area contributed by atoms with Gasteiger partial charge in [-0.15, -0.1) is 0 Å². The number of nitrogens with zero attached hydrogens (tertiary/aromatic N) is 1. The third-order valence-electron chi connectivity index (χ3n) is 3.03. The van der Waals surface area contributed by atoms with Gasteiger partial charge in [0.05, 0.1) is 6.07 Å². The van der Waals surface area contributed by atoms with Crippen LogP contribution in [-0.2, 0) is 9.53 Å². The van der Waals surface area contributed by atoms with Gasteiger partial charge in [-0.3, -0.25) is 4.79 Å². The van der Waals surface area contributed by atoms with E-state index in [2.05, 4.69) is 16.7 Å². The number of carbonyl (C=O) groups excluding carboxylic acids is 2. The van der Waals surface area contributed by atoms with E-state index < -0.39 is 29.2 Å². The van der Waals surface area contributed by atoms with Crippen molar-refractivity contribution < 1.29 is 14.3 Å². The molecular weight excluding hydrogens is 270 g/mol. The zero-order chi connectivity index (χ0) is 16.3. The molecule has 0 aliphatic heterocycles. The summed E-state index contributed by atoms with van der Waals surface area (Å²) in [5.74, 6) is -0.202. The van der Waals surface area contributed by atoms with Crippen LogP contribution in [-0.4, -0.2) is 29.2 Å². The van der Waals surface area contributed by atoms with Crippen molar-refractivity contribution in [2.45, 2.75) is 71.1 Å². The lowest BCUT2D eigenvalue weighted by Gasteiger charge is -2.24. The molecule has 0 unspecified atom stereocenters. The number of ether oxygens (including phenoxy) is 1.